The smallest absolute Gasteiger partial charge is 0.405 e. The Hall–Kier alpha value is -2.44. The van der Waals surface area contributed by atoms with Gasteiger partial charge in [-0.25, -0.2) is 4.79 Å². The van der Waals surface area contributed by atoms with Gasteiger partial charge in [0.25, 0.3) is 0 Å². The minimum absolute atomic E-state index is 0.204. The predicted molar refractivity (Wildman–Crippen MR) is 61.8 cm³/mol. The van der Waals surface area contributed by atoms with Gasteiger partial charge in [-0.3, -0.25) is 4.98 Å². The third-order valence-electron chi connectivity index (χ3n) is 2.30. The molecule has 2 heterocycles. The van der Waals surface area contributed by atoms with Gasteiger partial charge in [0.05, 0.1) is 0 Å². The number of carbonyl (C=O) groups is 1. The topological polar surface area (TPSA) is 101 Å². The van der Waals surface area contributed by atoms with E-state index in [1.54, 1.807) is 13.1 Å². The first-order valence-electron chi connectivity index (χ1n) is 5.32. The van der Waals surface area contributed by atoms with Crippen molar-refractivity contribution in [2.24, 2.45) is 0 Å². The molecule has 0 unspecified atom stereocenters. The molecule has 94 valence electrons. The van der Waals surface area contributed by atoms with Crippen LogP contribution in [-0.4, -0.2) is 26.3 Å². The summed E-state index contributed by atoms with van der Waals surface area (Å²) in [7, 11) is 0. The van der Waals surface area contributed by atoms with Crippen LogP contribution in [0.1, 0.15) is 24.4 Å². The maximum absolute atomic E-state index is 10.5. The van der Waals surface area contributed by atoms with E-state index in [2.05, 4.69) is 20.4 Å². The first-order valence-corrected chi connectivity index (χ1v) is 5.32. The van der Waals surface area contributed by atoms with Gasteiger partial charge in [-0.1, -0.05) is 5.16 Å². The van der Waals surface area contributed by atoms with Crippen LogP contribution in [0.4, 0.5) is 4.79 Å². The lowest BCUT2D eigenvalue weighted by molar-refractivity contribution is 0.187. The molecule has 7 heteroatoms. The standard InChI is InChI=1S/C11H12N4O3/c1-6-3-4-12-8(5-6)9-14-10(18-15-9)7(2)13-11(16)17/h3-5,7,13H,1-2H3,(H,16,17)/t7-/m0/s1. The van der Waals surface area contributed by atoms with Crippen molar-refractivity contribution >= 4 is 6.09 Å². The van der Waals surface area contributed by atoms with Crippen molar-refractivity contribution in [2.75, 3.05) is 0 Å². The second-order valence-corrected chi connectivity index (χ2v) is 3.85. The normalized spacial score (nSPS) is 12.1. The number of pyridine rings is 1. The van der Waals surface area contributed by atoms with Crippen molar-refractivity contribution in [2.45, 2.75) is 19.9 Å². The summed E-state index contributed by atoms with van der Waals surface area (Å²) in [5.41, 5.74) is 1.62. The zero-order valence-corrected chi connectivity index (χ0v) is 9.91. The molecular weight excluding hydrogens is 236 g/mol. The van der Waals surface area contributed by atoms with Crippen LogP contribution < -0.4 is 5.32 Å². The number of amides is 1. The molecule has 0 aliphatic rings. The fourth-order valence-electron chi connectivity index (χ4n) is 1.42. The minimum Gasteiger partial charge on any atom is -0.465 e. The molecule has 0 bridgehead atoms. The zero-order chi connectivity index (χ0) is 13.1. The van der Waals surface area contributed by atoms with E-state index in [9.17, 15) is 4.79 Å². The highest BCUT2D eigenvalue weighted by Gasteiger charge is 2.17. The van der Waals surface area contributed by atoms with Crippen LogP contribution in [-0.2, 0) is 0 Å². The minimum atomic E-state index is -1.14. The van der Waals surface area contributed by atoms with Gasteiger partial charge in [-0.15, -0.1) is 0 Å². The molecule has 2 N–H and O–H groups in total. The van der Waals surface area contributed by atoms with Crippen molar-refractivity contribution in [3.8, 4) is 11.5 Å². The van der Waals surface area contributed by atoms with Crippen molar-refractivity contribution in [3.63, 3.8) is 0 Å². The molecule has 0 aromatic carbocycles. The summed E-state index contributed by atoms with van der Waals surface area (Å²) in [5, 5.41) is 14.6. The average molecular weight is 248 g/mol. The molecular formula is C11H12N4O3. The molecule has 7 nitrogen and oxygen atoms in total. The van der Waals surface area contributed by atoms with E-state index in [1.807, 2.05) is 19.1 Å². The predicted octanol–water partition coefficient (Wildman–Crippen LogP) is 1.77. The van der Waals surface area contributed by atoms with Gasteiger partial charge >= 0.3 is 6.09 Å². The fourth-order valence-corrected chi connectivity index (χ4v) is 1.42. The molecule has 0 spiro atoms. The van der Waals surface area contributed by atoms with Gasteiger partial charge in [-0.2, -0.15) is 4.98 Å². The van der Waals surface area contributed by atoms with Crippen LogP contribution >= 0.6 is 0 Å². The number of hydrogen-bond acceptors (Lipinski definition) is 5. The maximum Gasteiger partial charge on any atom is 0.405 e. The lowest BCUT2D eigenvalue weighted by Gasteiger charge is -2.04. The highest BCUT2D eigenvalue weighted by Crippen LogP contribution is 2.17. The molecule has 0 radical (unpaired) electrons. The SMILES string of the molecule is Cc1ccnc(-c2noc([C@H](C)NC(=O)O)n2)c1. The molecule has 1 atom stereocenters. The quantitative estimate of drug-likeness (QED) is 0.858. The zero-order valence-electron chi connectivity index (χ0n) is 9.91. The molecule has 0 fully saturated rings. The number of nitrogens with zero attached hydrogens (tertiary/aromatic N) is 3. The van der Waals surface area contributed by atoms with Crippen molar-refractivity contribution < 1.29 is 14.4 Å². The summed E-state index contributed by atoms with van der Waals surface area (Å²) < 4.78 is 4.99. The summed E-state index contributed by atoms with van der Waals surface area (Å²) in [4.78, 5) is 18.7. The first kappa shape index (κ1) is 12.0. The Morgan fingerprint density at radius 2 is 2.33 bits per heavy atom. The van der Waals surface area contributed by atoms with E-state index in [1.165, 1.54) is 0 Å². The Balaban J connectivity index is 2.22. The van der Waals surface area contributed by atoms with Crippen LogP contribution in [0.15, 0.2) is 22.9 Å². The summed E-state index contributed by atoms with van der Waals surface area (Å²) in [6.45, 7) is 3.55. The number of hydrogen-bond donors (Lipinski definition) is 2. The van der Waals surface area contributed by atoms with Crippen LogP contribution in [0, 0.1) is 6.92 Å². The van der Waals surface area contributed by atoms with Gasteiger partial charge in [0, 0.05) is 6.20 Å². The highest BCUT2D eigenvalue weighted by atomic mass is 16.5. The Morgan fingerprint density at radius 3 is 3.00 bits per heavy atom. The third-order valence-corrected chi connectivity index (χ3v) is 2.30. The van der Waals surface area contributed by atoms with Crippen LogP contribution in [0.5, 0.6) is 0 Å². The van der Waals surface area contributed by atoms with Gasteiger partial charge in [-0.05, 0) is 31.5 Å². The van der Waals surface area contributed by atoms with Crippen LogP contribution in [0.3, 0.4) is 0 Å². The summed E-state index contributed by atoms with van der Waals surface area (Å²) in [5.74, 6) is 0.545. The largest absolute Gasteiger partial charge is 0.465 e. The van der Waals surface area contributed by atoms with Crippen molar-refractivity contribution in [3.05, 3.63) is 29.8 Å². The molecule has 18 heavy (non-hydrogen) atoms. The lowest BCUT2D eigenvalue weighted by Crippen LogP contribution is -2.24. The van der Waals surface area contributed by atoms with E-state index >= 15 is 0 Å². The fraction of sp³-hybridized carbons (Fsp3) is 0.273. The molecule has 2 aromatic heterocycles. The van der Waals surface area contributed by atoms with E-state index in [-0.39, 0.29) is 5.89 Å². The van der Waals surface area contributed by atoms with Gasteiger partial charge in [0.2, 0.25) is 11.7 Å². The second kappa shape index (κ2) is 4.82. The average Bonchev–Trinajstić information content (AvgIpc) is 2.77. The van der Waals surface area contributed by atoms with Gasteiger partial charge in [0.1, 0.15) is 11.7 Å². The Labute approximate surface area is 103 Å². The summed E-state index contributed by atoms with van der Waals surface area (Å²) >= 11 is 0. The van der Waals surface area contributed by atoms with Gasteiger partial charge in [0.15, 0.2) is 0 Å². The van der Waals surface area contributed by atoms with Crippen molar-refractivity contribution in [1.29, 1.82) is 0 Å². The van der Waals surface area contributed by atoms with E-state index in [4.69, 9.17) is 9.63 Å². The lowest BCUT2D eigenvalue weighted by atomic mass is 10.2. The monoisotopic (exact) mass is 248 g/mol. The molecule has 0 saturated heterocycles. The van der Waals surface area contributed by atoms with Gasteiger partial charge < -0.3 is 14.9 Å². The van der Waals surface area contributed by atoms with E-state index < -0.39 is 12.1 Å². The molecule has 2 rings (SSSR count). The number of nitrogens with one attached hydrogen (secondary N) is 1. The number of aryl methyl sites for hydroxylation is 1. The summed E-state index contributed by atoms with van der Waals surface area (Å²) in [6.07, 6.45) is 0.510. The molecule has 1 amide bonds. The molecule has 0 saturated carbocycles. The maximum atomic E-state index is 10.5. The Morgan fingerprint density at radius 1 is 1.56 bits per heavy atom. The Kier molecular flexibility index (Phi) is 3.22. The summed E-state index contributed by atoms with van der Waals surface area (Å²) in [6, 6.07) is 3.12. The van der Waals surface area contributed by atoms with Crippen molar-refractivity contribution in [1.82, 2.24) is 20.4 Å². The van der Waals surface area contributed by atoms with Crippen LogP contribution in [0.25, 0.3) is 11.5 Å². The third kappa shape index (κ3) is 2.62. The second-order valence-electron chi connectivity index (χ2n) is 3.85. The molecule has 0 aliphatic heterocycles. The molecule has 0 aliphatic carbocycles. The highest BCUT2D eigenvalue weighted by molar-refractivity contribution is 5.64. The van der Waals surface area contributed by atoms with E-state index in [0.29, 0.717) is 11.5 Å². The Bertz CT molecular complexity index is 567. The van der Waals surface area contributed by atoms with E-state index in [0.717, 1.165) is 5.56 Å². The van der Waals surface area contributed by atoms with Crippen LogP contribution in [0.2, 0.25) is 0 Å². The first-order chi connectivity index (χ1) is 8.56. The number of aromatic nitrogens is 3. The molecule has 2 aromatic rings. The number of rotatable bonds is 3. The number of carboxylic acid groups (broad SMARTS) is 1.